The zero-order valence-electron chi connectivity index (χ0n) is 13.2. The van der Waals surface area contributed by atoms with Gasteiger partial charge in [-0.15, -0.1) is 0 Å². The summed E-state index contributed by atoms with van der Waals surface area (Å²) in [5, 5.41) is 0. The zero-order chi connectivity index (χ0) is 14.7. The van der Waals surface area contributed by atoms with Crippen molar-refractivity contribution < 1.29 is 0 Å². The van der Waals surface area contributed by atoms with Crippen LogP contribution >= 0.6 is 0 Å². The summed E-state index contributed by atoms with van der Waals surface area (Å²) in [5.41, 5.74) is 4.92. The van der Waals surface area contributed by atoms with Crippen molar-refractivity contribution in [2.45, 2.75) is 31.1 Å². The van der Waals surface area contributed by atoms with E-state index in [1.54, 1.807) is 11.1 Å². The smallest absolute Gasteiger partial charge is 0.000874 e. The van der Waals surface area contributed by atoms with Gasteiger partial charge in [-0.1, -0.05) is 54.6 Å². The SMILES string of the molecule is CN(C)CCC1(c2ccccc2)CCc2ccccc2C1. The Balaban J connectivity index is 1.95. The average Bonchev–Trinajstić information content (AvgIpc) is 2.53. The first-order chi connectivity index (χ1) is 10.2. The van der Waals surface area contributed by atoms with E-state index in [1.165, 1.54) is 31.2 Å². The predicted molar refractivity (Wildman–Crippen MR) is 89.8 cm³/mol. The maximum absolute atomic E-state index is 2.32. The molecule has 1 unspecified atom stereocenters. The largest absolute Gasteiger partial charge is 0.309 e. The third-order valence-corrected chi connectivity index (χ3v) is 4.94. The van der Waals surface area contributed by atoms with Gasteiger partial charge in [0.15, 0.2) is 0 Å². The summed E-state index contributed by atoms with van der Waals surface area (Å²) in [6.45, 7) is 1.15. The number of aryl methyl sites for hydroxylation is 1. The summed E-state index contributed by atoms with van der Waals surface area (Å²) in [6.07, 6.45) is 4.89. The van der Waals surface area contributed by atoms with Crippen LogP contribution in [0.25, 0.3) is 0 Å². The first-order valence-corrected chi connectivity index (χ1v) is 7.97. The van der Waals surface area contributed by atoms with Crippen molar-refractivity contribution in [3.8, 4) is 0 Å². The standard InChI is InChI=1S/C20H25N/c1-21(2)15-14-20(19-10-4-3-5-11-19)13-12-17-8-6-7-9-18(17)16-20/h3-11H,12-16H2,1-2H3. The van der Waals surface area contributed by atoms with E-state index in [9.17, 15) is 0 Å². The van der Waals surface area contributed by atoms with Crippen molar-refractivity contribution in [1.82, 2.24) is 4.90 Å². The molecule has 0 amide bonds. The maximum Gasteiger partial charge on any atom is 0.000874 e. The van der Waals surface area contributed by atoms with Crippen LogP contribution in [0.5, 0.6) is 0 Å². The Morgan fingerprint density at radius 1 is 0.905 bits per heavy atom. The monoisotopic (exact) mass is 279 g/mol. The second kappa shape index (κ2) is 6.03. The van der Waals surface area contributed by atoms with Gasteiger partial charge >= 0.3 is 0 Å². The molecule has 0 aromatic heterocycles. The molecule has 1 heteroatoms. The van der Waals surface area contributed by atoms with E-state index in [4.69, 9.17) is 0 Å². The molecule has 0 N–H and O–H groups in total. The molecule has 0 fully saturated rings. The van der Waals surface area contributed by atoms with Gasteiger partial charge in [-0.2, -0.15) is 0 Å². The molecule has 1 aliphatic rings. The number of nitrogens with zero attached hydrogens (tertiary/aromatic N) is 1. The Kier molecular flexibility index (Phi) is 4.12. The normalized spacial score (nSPS) is 21.3. The van der Waals surface area contributed by atoms with Gasteiger partial charge in [0.05, 0.1) is 0 Å². The number of benzene rings is 2. The van der Waals surface area contributed by atoms with E-state index in [0.29, 0.717) is 5.41 Å². The molecule has 0 radical (unpaired) electrons. The van der Waals surface area contributed by atoms with Crippen LogP contribution in [-0.4, -0.2) is 25.5 Å². The minimum atomic E-state index is 0.305. The van der Waals surface area contributed by atoms with Crippen LogP contribution in [0.2, 0.25) is 0 Å². The molecule has 3 rings (SSSR count). The highest BCUT2D eigenvalue weighted by molar-refractivity contribution is 5.37. The molecule has 0 saturated heterocycles. The van der Waals surface area contributed by atoms with Gasteiger partial charge < -0.3 is 4.90 Å². The second-order valence-electron chi connectivity index (χ2n) is 6.65. The van der Waals surface area contributed by atoms with E-state index >= 15 is 0 Å². The lowest BCUT2D eigenvalue weighted by molar-refractivity contribution is 0.285. The number of rotatable bonds is 4. The first kappa shape index (κ1) is 14.3. The lowest BCUT2D eigenvalue weighted by atomic mass is 9.65. The molecule has 1 atom stereocenters. The Morgan fingerprint density at radius 2 is 1.57 bits per heavy atom. The van der Waals surface area contributed by atoms with Crippen LogP contribution in [-0.2, 0) is 18.3 Å². The van der Waals surface area contributed by atoms with Crippen LogP contribution < -0.4 is 0 Å². The summed E-state index contributed by atoms with van der Waals surface area (Å²) in [7, 11) is 4.35. The molecule has 0 heterocycles. The molecule has 0 bridgehead atoms. The minimum Gasteiger partial charge on any atom is -0.309 e. The third kappa shape index (κ3) is 3.03. The Labute approximate surface area is 128 Å². The van der Waals surface area contributed by atoms with E-state index in [-0.39, 0.29) is 0 Å². The molecule has 110 valence electrons. The fourth-order valence-corrected chi connectivity index (χ4v) is 3.63. The van der Waals surface area contributed by atoms with Crippen molar-refractivity contribution in [2.24, 2.45) is 0 Å². The van der Waals surface area contributed by atoms with E-state index in [2.05, 4.69) is 73.6 Å². The van der Waals surface area contributed by atoms with Gasteiger partial charge in [-0.3, -0.25) is 0 Å². The molecule has 0 saturated carbocycles. The van der Waals surface area contributed by atoms with Crippen LogP contribution in [0.1, 0.15) is 29.5 Å². The minimum absolute atomic E-state index is 0.305. The highest BCUT2D eigenvalue weighted by atomic mass is 15.0. The van der Waals surface area contributed by atoms with E-state index < -0.39 is 0 Å². The number of hydrogen-bond acceptors (Lipinski definition) is 1. The summed E-state index contributed by atoms with van der Waals surface area (Å²) in [5.74, 6) is 0. The first-order valence-electron chi connectivity index (χ1n) is 7.97. The lowest BCUT2D eigenvalue weighted by Crippen LogP contribution is -2.36. The molecular weight excluding hydrogens is 254 g/mol. The molecule has 1 nitrogen and oxygen atoms in total. The van der Waals surface area contributed by atoms with Crippen LogP contribution in [0.15, 0.2) is 54.6 Å². The van der Waals surface area contributed by atoms with Crippen molar-refractivity contribution in [3.63, 3.8) is 0 Å². The summed E-state index contributed by atoms with van der Waals surface area (Å²) in [6, 6.07) is 20.1. The van der Waals surface area contributed by atoms with E-state index in [1.807, 2.05) is 0 Å². The van der Waals surface area contributed by atoms with Crippen LogP contribution in [0.4, 0.5) is 0 Å². The fourth-order valence-electron chi connectivity index (χ4n) is 3.63. The lowest BCUT2D eigenvalue weighted by Gasteiger charge is -2.40. The molecule has 2 aromatic carbocycles. The Bertz CT molecular complexity index is 588. The third-order valence-electron chi connectivity index (χ3n) is 4.94. The summed E-state index contributed by atoms with van der Waals surface area (Å²) >= 11 is 0. The van der Waals surface area contributed by atoms with Crippen molar-refractivity contribution in [3.05, 3.63) is 71.3 Å². The fraction of sp³-hybridized carbons (Fsp3) is 0.400. The molecule has 2 aromatic rings. The van der Waals surface area contributed by atoms with Gasteiger partial charge in [-0.05, 0) is 63.0 Å². The van der Waals surface area contributed by atoms with Crippen LogP contribution in [0, 0.1) is 0 Å². The number of fused-ring (bicyclic) bond motifs is 1. The zero-order valence-corrected chi connectivity index (χ0v) is 13.2. The number of hydrogen-bond donors (Lipinski definition) is 0. The summed E-state index contributed by atoms with van der Waals surface area (Å²) < 4.78 is 0. The van der Waals surface area contributed by atoms with Gasteiger partial charge in [0.25, 0.3) is 0 Å². The molecular formula is C20H25N. The molecule has 1 aliphatic carbocycles. The average molecular weight is 279 g/mol. The predicted octanol–water partition coefficient (Wildman–Crippen LogP) is 4.07. The Morgan fingerprint density at radius 3 is 2.29 bits per heavy atom. The molecule has 0 aliphatic heterocycles. The van der Waals surface area contributed by atoms with Gasteiger partial charge in [0.1, 0.15) is 0 Å². The molecule has 0 spiro atoms. The van der Waals surface area contributed by atoms with Gasteiger partial charge in [-0.25, -0.2) is 0 Å². The van der Waals surface area contributed by atoms with E-state index in [0.717, 1.165) is 6.54 Å². The Hall–Kier alpha value is -1.60. The summed E-state index contributed by atoms with van der Waals surface area (Å²) in [4.78, 5) is 2.31. The molecule has 21 heavy (non-hydrogen) atoms. The van der Waals surface area contributed by atoms with Gasteiger partial charge in [0, 0.05) is 5.41 Å². The topological polar surface area (TPSA) is 3.24 Å². The van der Waals surface area contributed by atoms with Crippen LogP contribution in [0.3, 0.4) is 0 Å². The maximum atomic E-state index is 2.32. The quantitative estimate of drug-likeness (QED) is 0.815. The highest BCUT2D eigenvalue weighted by Crippen LogP contribution is 2.41. The van der Waals surface area contributed by atoms with Crippen molar-refractivity contribution in [1.29, 1.82) is 0 Å². The second-order valence-corrected chi connectivity index (χ2v) is 6.65. The van der Waals surface area contributed by atoms with Crippen molar-refractivity contribution >= 4 is 0 Å². The van der Waals surface area contributed by atoms with Crippen molar-refractivity contribution in [2.75, 3.05) is 20.6 Å². The highest BCUT2D eigenvalue weighted by Gasteiger charge is 2.35. The van der Waals surface area contributed by atoms with Gasteiger partial charge in [0.2, 0.25) is 0 Å².